The normalized spacial score (nSPS) is 21.4. The van der Waals surface area contributed by atoms with Crippen molar-refractivity contribution in [2.75, 3.05) is 22.1 Å². The molecule has 5 rings (SSSR count). The van der Waals surface area contributed by atoms with E-state index in [0.717, 1.165) is 42.6 Å². The Hall–Kier alpha value is -2.96. The van der Waals surface area contributed by atoms with Gasteiger partial charge in [0.1, 0.15) is 5.82 Å². The zero-order valence-electron chi connectivity index (χ0n) is 15.8. The molecular weight excluding hydrogens is 354 g/mol. The third-order valence-electron chi connectivity index (χ3n) is 5.74. The van der Waals surface area contributed by atoms with Gasteiger partial charge < -0.3 is 15.5 Å². The first-order chi connectivity index (χ1) is 13.5. The standard InChI is InChI=1S/C21H23N5O2/c1-12-11-25(20(27)13-2-3-13)18-8-15(16-9-24-19(22)10-23-16)6-7-17(18)26(12)21(28)14-4-5-14/h6-10,12-14H,2-5,11H2,1H3,(H2,22,24)/t12-/m0/s1. The Morgan fingerprint density at radius 1 is 1.00 bits per heavy atom. The van der Waals surface area contributed by atoms with Crippen LogP contribution < -0.4 is 15.5 Å². The van der Waals surface area contributed by atoms with Crippen LogP contribution in [-0.4, -0.2) is 34.4 Å². The lowest BCUT2D eigenvalue weighted by atomic mass is 10.0. The summed E-state index contributed by atoms with van der Waals surface area (Å²) in [5.74, 6) is 0.941. The van der Waals surface area contributed by atoms with Crippen LogP contribution in [0, 0.1) is 11.8 Å². The van der Waals surface area contributed by atoms with E-state index < -0.39 is 0 Å². The summed E-state index contributed by atoms with van der Waals surface area (Å²) in [6.07, 6.45) is 6.97. The van der Waals surface area contributed by atoms with Crippen LogP contribution in [0.5, 0.6) is 0 Å². The molecule has 0 radical (unpaired) electrons. The van der Waals surface area contributed by atoms with Crippen LogP contribution in [0.1, 0.15) is 32.6 Å². The highest BCUT2D eigenvalue weighted by atomic mass is 16.2. The van der Waals surface area contributed by atoms with Gasteiger partial charge >= 0.3 is 0 Å². The number of nitrogen functional groups attached to an aromatic ring is 1. The van der Waals surface area contributed by atoms with Crippen LogP contribution >= 0.6 is 0 Å². The monoisotopic (exact) mass is 377 g/mol. The Bertz CT molecular complexity index is 950. The van der Waals surface area contributed by atoms with Crippen molar-refractivity contribution in [3.05, 3.63) is 30.6 Å². The SMILES string of the molecule is C[C@H]1CN(C(=O)C2CC2)c2cc(-c3cnc(N)cn3)ccc2N1C(=O)C1CC1. The van der Waals surface area contributed by atoms with Gasteiger partial charge in [0.25, 0.3) is 0 Å². The fourth-order valence-electron chi connectivity index (χ4n) is 3.89. The maximum absolute atomic E-state index is 13.0. The molecule has 0 unspecified atom stereocenters. The average molecular weight is 377 g/mol. The summed E-state index contributed by atoms with van der Waals surface area (Å²) in [7, 11) is 0. The van der Waals surface area contributed by atoms with E-state index >= 15 is 0 Å². The van der Waals surface area contributed by atoms with Crippen LogP contribution in [0.15, 0.2) is 30.6 Å². The lowest BCUT2D eigenvalue weighted by Gasteiger charge is -2.41. The number of fused-ring (bicyclic) bond motifs is 1. The fourth-order valence-corrected chi connectivity index (χ4v) is 3.89. The second-order valence-electron chi connectivity index (χ2n) is 8.08. The van der Waals surface area contributed by atoms with E-state index in [9.17, 15) is 9.59 Å². The largest absolute Gasteiger partial charge is 0.382 e. The minimum absolute atomic E-state index is 0.0366. The molecule has 144 valence electrons. The van der Waals surface area contributed by atoms with Gasteiger partial charge in [-0.3, -0.25) is 14.6 Å². The van der Waals surface area contributed by atoms with E-state index in [1.165, 1.54) is 6.20 Å². The van der Waals surface area contributed by atoms with E-state index in [0.29, 0.717) is 18.1 Å². The molecule has 2 saturated carbocycles. The maximum atomic E-state index is 13.0. The Labute approximate surface area is 163 Å². The second-order valence-corrected chi connectivity index (χ2v) is 8.08. The number of hydrogen-bond donors (Lipinski definition) is 1. The average Bonchev–Trinajstić information content (AvgIpc) is 3.58. The molecule has 2 N–H and O–H groups in total. The minimum Gasteiger partial charge on any atom is -0.382 e. The summed E-state index contributed by atoms with van der Waals surface area (Å²) in [5, 5.41) is 0. The van der Waals surface area contributed by atoms with E-state index in [-0.39, 0.29) is 29.7 Å². The smallest absolute Gasteiger partial charge is 0.230 e. The summed E-state index contributed by atoms with van der Waals surface area (Å²) in [6, 6.07) is 5.79. The van der Waals surface area contributed by atoms with E-state index in [1.54, 1.807) is 6.20 Å². The van der Waals surface area contributed by atoms with Crippen molar-refractivity contribution in [1.29, 1.82) is 0 Å². The Morgan fingerprint density at radius 2 is 1.71 bits per heavy atom. The van der Waals surface area contributed by atoms with Gasteiger partial charge in [0.05, 0.1) is 35.5 Å². The highest BCUT2D eigenvalue weighted by Crippen LogP contribution is 2.44. The highest BCUT2D eigenvalue weighted by Gasteiger charge is 2.43. The number of aromatic nitrogens is 2. The van der Waals surface area contributed by atoms with Crippen LogP contribution in [0.4, 0.5) is 17.2 Å². The molecule has 1 aromatic heterocycles. The number of benzene rings is 1. The first-order valence-electron chi connectivity index (χ1n) is 9.89. The lowest BCUT2D eigenvalue weighted by Crippen LogP contribution is -2.52. The van der Waals surface area contributed by atoms with Crippen molar-refractivity contribution >= 4 is 29.0 Å². The number of hydrogen-bond acceptors (Lipinski definition) is 5. The quantitative estimate of drug-likeness (QED) is 0.888. The lowest BCUT2D eigenvalue weighted by molar-refractivity contribution is -0.122. The molecule has 2 amide bonds. The van der Waals surface area contributed by atoms with Crippen LogP contribution in [0.3, 0.4) is 0 Å². The molecule has 3 aliphatic rings. The number of carbonyl (C=O) groups is 2. The van der Waals surface area contributed by atoms with Gasteiger partial charge in [-0.05, 0) is 44.7 Å². The first-order valence-corrected chi connectivity index (χ1v) is 9.89. The molecule has 2 aromatic rings. The predicted octanol–water partition coefficient (Wildman–Crippen LogP) is 2.61. The number of anilines is 3. The molecule has 7 nitrogen and oxygen atoms in total. The minimum atomic E-state index is -0.0366. The molecule has 2 aliphatic carbocycles. The van der Waals surface area contributed by atoms with Crippen LogP contribution in [0.25, 0.3) is 11.3 Å². The van der Waals surface area contributed by atoms with Gasteiger partial charge in [-0.15, -0.1) is 0 Å². The fraction of sp³-hybridized carbons (Fsp3) is 0.429. The van der Waals surface area contributed by atoms with Crippen molar-refractivity contribution in [3.63, 3.8) is 0 Å². The van der Waals surface area contributed by atoms with Crippen molar-refractivity contribution in [2.24, 2.45) is 11.8 Å². The number of nitrogens with two attached hydrogens (primary N) is 1. The third kappa shape index (κ3) is 2.91. The van der Waals surface area contributed by atoms with Crippen LogP contribution in [0.2, 0.25) is 0 Å². The highest BCUT2D eigenvalue weighted by molar-refractivity contribution is 6.07. The summed E-state index contributed by atoms with van der Waals surface area (Å²) in [4.78, 5) is 38.1. The summed E-state index contributed by atoms with van der Waals surface area (Å²) < 4.78 is 0. The van der Waals surface area contributed by atoms with E-state index in [4.69, 9.17) is 5.73 Å². The number of amides is 2. The van der Waals surface area contributed by atoms with Crippen molar-refractivity contribution in [3.8, 4) is 11.3 Å². The van der Waals surface area contributed by atoms with Crippen LogP contribution in [-0.2, 0) is 9.59 Å². The Balaban J connectivity index is 1.59. The zero-order valence-corrected chi connectivity index (χ0v) is 15.8. The Kier molecular flexibility index (Phi) is 3.86. The second kappa shape index (κ2) is 6.29. The van der Waals surface area contributed by atoms with Gasteiger partial charge in [0, 0.05) is 23.9 Å². The molecule has 1 aliphatic heterocycles. The van der Waals surface area contributed by atoms with Gasteiger partial charge in [-0.25, -0.2) is 4.98 Å². The third-order valence-corrected chi connectivity index (χ3v) is 5.74. The number of nitrogens with zero attached hydrogens (tertiary/aromatic N) is 4. The van der Waals surface area contributed by atoms with Gasteiger partial charge in [-0.2, -0.15) is 0 Å². The molecule has 1 atom stereocenters. The van der Waals surface area contributed by atoms with E-state index in [1.807, 2.05) is 34.9 Å². The molecule has 0 bridgehead atoms. The van der Waals surface area contributed by atoms with Gasteiger partial charge in [0.2, 0.25) is 11.8 Å². The zero-order chi connectivity index (χ0) is 19.4. The number of rotatable bonds is 3. The molecule has 1 aromatic carbocycles. The summed E-state index contributed by atoms with van der Waals surface area (Å²) in [6.45, 7) is 2.55. The maximum Gasteiger partial charge on any atom is 0.230 e. The first kappa shape index (κ1) is 17.2. The molecule has 2 fully saturated rings. The molecule has 2 heterocycles. The van der Waals surface area contributed by atoms with Crippen molar-refractivity contribution in [2.45, 2.75) is 38.6 Å². The topological polar surface area (TPSA) is 92.4 Å². The summed E-state index contributed by atoms with van der Waals surface area (Å²) in [5.41, 5.74) is 8.80. The van der Waals surface area contributed by atoms with E-state index in [2.05, 4.69) is 9.97 Å². The molecule has 28 heavy (non-hydrogen) atoms. The summed E-state index contributed by atoms with van der Waals surface area (Å²) >= 11 is 0. The Morgan fingerprint density at radius 3 is 2.36 bits per heavy atom. The molecule has 0 saturated heterocycles. The van der Waals surface area contributed by atoms with Crippen molar-refractivity contribution in [1.82, 2.24) is 9.97 Å². The molecule has 0 spiro atoms. The molecular formula is C21H23N5O2. The van der Waals surface area contributed by atoms with Gasteiger partial charge in [-0.1, -0.05) is 6.07 Å². The predicted molar refractivity (Wildman–Crippen MR) is 107 cm³/mol. The number of carbonyl (C=O) groups excluding carboxylic acids is 2. The molecule has 7 heteroatoms. The van der Waals surface area contributed by atoms with Crippen molar-refractivity contribution < 1.29 is 9.59 Å². The van der Waals surface area contributed by atoms with Gasteiger partial charge in [0.15, 0.2) is 0 Å².